The number of aromatic nitrogens is 1. The third kappa shape index (κ3) is 2.36. The Hall–Kier alpha value is -2.65. The minimum Gasteiger partial charge on any atom is -0.243 e. The van der Waals surface area contributed by atoms with E-state index >= 15 is 0 Å². The predicted molar refractivity (Wildman–Crippen MR) is 81.1 cm³/mol. The molecule has 0 N–H and O–H groups in total. The lowest BCUT2D eigenvalue weighted by molar-refractivity contribution is 0.588. The molecule has 0 radical (unpaired) electrons. The Balaban J connectivity index is 2.18. The average molecular weight is 314 g/mol. The second kappa shape index (κ2) is 5.28. The Bertz CT molecular complexity index is 986. The molecule has 0 unspecified atom stereocenters. The Labute approximate surface area is 127 Å². The minimum absolute atomic E-state index is 0.0819. The summed E-state index contributed by atoms with van der Waals surface area (Å²) in [5.41, 5.74) is 0.829. The van der Waals surface area contributed by atoms with Crippen molar-refractivity contribution < 1.29 is 12.8 Å². The van der Waals surface area contributed by atoms with Crippen molar-refractivity contribution in [3.63, 3.8) is 0 Å². The van der Waals surface area contributed by atoms with Gasteiger partial charge in [-0.15, -0.1) is 0 Å². The van der Waals surface area contributed by atoms with Crippen LogP contribution in [0.1, 0.15) is 11.1 Å². The Morgan fingerprint density at radius 2 is 1.82 bits per heavy atom. The molecule has 0 saturated carbocycles. The van der Waals surface area contributed by atoms with Crippen molar-refractivity contribution in [2.75, 3.05) is 0 Å². The summed E-state index contributed by atoms with van der Waals surface area (Å²) < 4.78 is 40.0. The van der Waals surface area contributed by atoms with Gasteiger partial charge >= 0.3 is 0 Å². The molecule has 3 aromatic rings. The molecule has 0 atom stereocenters. The van der Waals surface area contributed by atoms with Crippen LogP contribution in [0.3, 0.4) is 0 Å². The van der Waals surface area contributed by atoms with Gasteiger partial charge in [0.15, 0.2) is 0 Å². The van der Waals surface area contributed by atoms with E-state index < -0.39 is 15.8 Å². The first kappa shape index (κ1) is 14.3. The van der Waals surface area contributed by atoms with Crippen LogP contribution in [0.25, 0.3) is 10.9 Å². The van der Waals surface area contributed by atoms with E-state index in [1.165, 1.54) is 18.3 Å². The summed E-state index contributed by atoms with van der Waals surface area (Å²) in [5, 5.41) is 9.27. The summed E-state index contributed by atoms with van der Waals surface area (Å²) in [7, 11) is -3.75. The molecular weight excluding hydrogens is 303 g/mol. The summed E-state index contributed by atoms with van der Waals surface area (Å²) in [6.07, 6.45) is 1.28. The highest BCUT2D eigenvalue weighted by atomic mass is 32.2. The van der Waals surface area contributed by atoms with E-state index in [1.807, 2.05) is 6.07 Å². The number of nitriles is 1. The molecule has 1 aromatic heterocycles. The monoisotopic (exact) mass is 314 g/mol. The van der Waals surface area contributed by atoms with Gasteiger partial charge in [-0.1, -0.05) is 30.3 Å². The molecule has 0 aliphatic rings. The zero-order valence-corrected chi connectivity index (χ0v) is 12.2. The summed E-state index contributed by atoms with van der Waals surface area (Å²) in [6.45, 7) is 0. The number of benzene rings is 2. The van der Waals surface area contributed by atoms with Crippen LogP contribution in [0.4, 0.5) is 4.39 Å². The number of rotatable bonds is 3. The van der Waals surface area contributed by atoms with Crippen LogP contribution in [-0.4, -0.2) is 12.4 Å². The molecule has 22 heavy (non-hydrogen) atoms. The number of halogens is 1. The van der Waals surface area contributed by atoms with Gasteiger partial charge in [0.1, 0.15) is 11.9 Å². The van der Waals surface area contributed by atoms with E-state index in [0.29, 0.717) is 5.56 Å². The van der Waals surface area contributed by atoms with Crippen LogP contribution in [0.15, 0.2) is 54.7 Å². The van der Waals surface area contributed by atoms with Crippen molar-refractivity contribution in [2.45, 2.75) is 5.75 Å². The first-order valence-corrected chi connectivity index (χ1v) is 8.11. The lowest BCUT2D eigenvalue weighted by atomic mass is 10.1. The van der Waals surface area contributed by atoms with Crippen LogP contribution in [0.2, 0.25) is 0 Å². The summed E-state index contributed by atoms with van der Waals surface area (Å²) >= 11 is 0. The maximum absolute atomic E-state index is 13.8. The van der Waals surface area contributed by atoms with Crippen LogP contribution < -0.4 is 0 Å². The van der Waals surface area contributed by atoms with E-state index in [-0.39, 0.29) is 22.2 Å². The van der Waals surface area contributed by atoms with Crippen LogP contribution in [0, 0.1) is 17.1 Å². The molecule has 0 aliphatic heterocycles. The topological polar surface area (TPSA) is 62.9 Å². The van der Waals surface area contributed by atoms with Gasteiger partial charge in [0.05, 0.1) is 16.8 Å². The van der Waals surface area contributed by atoms with Crippen molar-refractivity contribution in [3.8, 4) is 6.07 Å². The number of fused-ring (bicyclic) bond motifs is 1. The van der Waals surface area contributed by atoms with Gasteiger partial charge in [0.25, 0.3) is 0 Å². The molecule has 0 amide bonds. The van der Waals surface area contributed by atoms with Crippen molar-refractivity contribution in [2.24, 2.45) is 0 Å². The normalized spacial score (nSPS) is 11.5. The lowest BCUT2D eigenvalue weighted by Crippen LogP contribution is -2.14. The van der Waals surface area contributed by atoms with Crippen molar-refractivity contribution >= 4 is 20.9 Å². The fraction of sp³-hybridized carbons (Fsp3) is 0.0625. The highest BCUT2D eigenvalue weighted by molar-refractivity contribution is 7.89. The summed E-state index contributed by atoms with van der Waals surface area (Å²) in [4.78, 5) is 0. The van der Waals surface area contributed by atoms with E-state index in [1.54, 1.807) is 30.3 Å². The molecule has 1 heterocycles. The summed E-state index contributed by atoms with van der Waals surface area (Å²) in [6, 6.07) is 14.4. The van der Waals surface area contributed by atoms with Gasteiger partial charge in [-0.25, -0.2) is 16.8 Å². The Morgan fingerprint density at radius 1 is 1.09 bits per heavy atom. The van der Waals surface area contributed by atoms with Gasteiger partial charge in [0.2, 0.25) is 10.0 Å². The molecule has 0 saturated heterocycles. The summed E-state index contributed by atoms with van der Waals surface area (Å²) in [5.74, 6) is -0.776. The Kier molecular flexibility index (Phi) is 3.43. The maximum Gasteiger partial charge on any atom is 0.243 e. The van der Waals surface area contributed by atoms with Crippen LogP contribution >= 0.6 is 0 Å². The third-order valence-corrected chi connectivity index (χ3v) is 4.97. The zero-order chi connectivity index (χ0) is 15.7. The highest BCUT2D eigenvalue weighted by Gasteiger charge is 2.20. The molecule has 0 spiro atoms. The van der Waals surface area contributed by atoms with Gasteiger partial charge < -0.3 is 0 Å². The maximum atomic E-state index is 13.8. The van der Waals surface area contributed by atoms with Crippen LogP contribution in [-0.2, 0) is 15.8 Å². The second-order valence-electron chi connectivity index (χ2n) is 4.82. The molecule has 6 heteroatoms. The number of hydrogen-bond donors (Lipinski definition) is 0. The third-order valence-electron chi connectivity index (χ3n) is 3.37. The Morgan fingerprint density at radius 3 is 2.50 bits per heavy atom. The van der Waals surface area contributed by atoms with E-state index in [9.17, 15) is 12.8 Å². The first-order chi connectivity index (χ1) is 10.5. The van der Waals surface area contributed by atoms with Crippen molar-refractivity contribution in [3.05, 3.63) is 71.7 Å². The van der Waals surface area contributed by atoms with Gasteiger partial charge in [-0.3, -0.25) is 0 Å². The SMILES string of the molecule is N#Cc1ccc(F)c2ccn(S(=O)(=O)Cc3ccccc3)c12. The highest BCUT2D eigenvalue weighted by Crippen LogP contribution is 2.25. The van der Waals surface area contributed by atoms with E-state index in [0.717, 1.165) is 10.0 Å². The first-order valence-electron chi connectivity index (χ1n) is 6.50. The molecule has 3 rings (SSSR count). The smallest absolute Gasteiger partial charge is 0.243 e. The fourth-order valence-electron chi connectivity index (χ4n) is 2.37. The zero-order valence-electron chi connectivity index (χ0n) is 11.4. The van der Waals surface area contributed by atoms with Gasteiger partial charge in [0, 0.05) is 11.6 Å². The minimum atomic E-state index is -3.75. The largest absolute Gasteiger partial charge is 0.243 e. The van der Waals surface area contributed by atoms with E-state index in [4.69, 9.17) is 5.26 Å². The standard InChI is InChI=1S/C16H11FN2O2S/c17-15-7-6-13(10-18)16-14(15)8-9-19(16)22(20,21)11-12-4-2-1-3-5-12/h1-9H,11H2. The lowest BCUT2D eigenvalue weighted by Gasteiger charge is -2.08. The molecule has 4 nitrogen and oxygen atoms in total. The molecule has 0 fully saturated rings. The molecule has 0 aliphatic carbocycles. The van der Waals surface area contributed by atoms with Gasteiger partial charge in [-0.2, -0.15) is 5.26 Å². The molecule has 110 valence electrons. The molecule has 0 bridgehead atoms. The predicted octanol–water partition coefficient (Wildman–Crippen LogP) is 3.03. The molecular formula is C16H11FN2O2S. The molecule has 2 aromatic carbocycles. The average Bonchev–Trinajstić information content (AvgIpc) is 2.95. The number of hydrogen-bond acceptors (Lipinski definition) is 3. The fourth-order valence-corrected chi connectivity index (χ4v) is 3.85. The van der Waals surface area contributed by atoms with Crippen molar-refractivity contribution in [1.29, 1.82) is 5.26 Å². The number of nitrogens with zero attached hydrogens (tertiary/aromatic N) is 2. The second-order valence-corrected chi connectivity index (χ2v) is 6.67. The van der Waals surface area contributed by atoms with E-state index in [2.05, 4.69) is 0 Å². The van der Waals surface area contributed by atoms with Crippen molar-refractivity contribution in [1.82, 2.24) is 3.97 Å². The van der Waals surface area contributed by atoms with Crippen LogP contribution in [0.5, 0.6) is 0 Å². The quantitative estimate of drug-likeness (QED) is 0.746. The van der Waals surface area contributed by atoms with Gasteiger partial charge in [-0.05, 0) is 23.8 Å².